The lowest BCUT2D eigenvalue weighted by molar-refractivity contribution is -0.383. The average Bonchev–Trinajstić information content (AvgIpc) is 2.68. The number of para-hydroxylation sites is 2. The van der Waals surface area contributed by atoms with Gasteiger partial charge in [-0.25, -0.2) is 13.1 Å². The molecular weight excluding hydrogens is 453 g/mol. The first-order valence-electron chi connectivity index (χ1n) is 9.25. The van der Waals surface area contributed by atoms with E-state index in [2.05, 4.69) is 10.0 Å². The van der Waals surface area contributed by atoms with Gasteiger partial charge in [0.2, 0.25) is 10.0 Å². The second kappa shape index (κ2) is 9.30. The molecule has 1 amide bonds. The number of halogens is 2. The molecule has 30 heavy (non-hydrogen) atoms. The molecule has 0 heterocycles. The van der Waals surface area contributed by atoms with Gasteiger partial charge in [-0.05, 0) is 31.0 Å². The molecule has 2 N–H and O–H groups in total. The smallest absolute Gasteiger partial charge is 0.292 e. The highest BCUT2D eigenvalue weighted by Crippen LogP contribution is 2.31. The van der Waals surface area contributed by atoms with Crippen molar-refractivity contribution < 1.29 is 18.1 Å². The van der Waals surface area contributed by atoms with Crippen LogP contribution in [-0.4, -0.2) is 25.3 Å². The molecule has 8 nitrogen and oxygen atoms in total. The van der Waals surface area contributed by atoms with Crippen molar-refractivity contribution in [1.29, 1.82) is 0 Å². The molecule has 1 fully saturated rings. The van der Waals surface area contributed by atoms with Crippen LogP contribution in [0.4, 0.5) is 11.4 Å². The molecule has 0 aromatic heterocycles. The minimum Gasteiger partial charge on any atom is -0.316 e. The lowest BCUT2D eigenvalue weighted by Crippen LogP contribution is -2.36. The Kier molecular flexibility index (Phi) is 6.97. The Morgan fingerprint density at radius 2 is 1.73 bits per heavy atom. The van der Waals surface area contributed by atoms with Crippen LogP contribution in [0.3, 0.4) is 0 Å². The van der Waals surface area contributed by atoms with Gasteiger partial charge in [-0.3, -0.25) is 14.9 Å². The zero-order chi connectivity index (χ0) is 21.9. The number of nitrogens with one attached hydrogen (secondary N) is 2. The van der Waals surface area contributed by atoms with Crippen LogP contribution in [0.2, 0.25) is 10.0 Å². The molecule has 0 spiro atoms. The summed E-state index contributed by atoms with van der Waals surface area (Å²) in [6.45, 7) is 0. The maximum absolute atomic E-state index is 12.8. The number of carbonyl (C=O) groups excluding carboxylic acids is 1. The van der Waals surface area contributed by atoms with Gasteiger partial charge in [-0.15, -0.1) is 0 Å². The maximum atomic E-state index is 12.8. The van der Waals surface area contributed by atoms with E-state index in [4.69, 9.17) is 23.2 Å². The van der Waals surface area contributed by atoms with Gasteiger partial charge >= 0.3 is 0 Å². The number of sulfonamides is 1. The predicted molar refractivity (Wildman–Crippen MR) is 115 cm³/mol. The number of nitrogens with zero attached hydrogens (tertiary/aromatic N) is 1. The van der Waals surface area contributed by atoms with Gasteiger partial charge in [-0.2, -0.15) is 0 Å². The summed E-state index contributed by atoms with van der Waals surface area (Å²) in [6.07, 6.45) is 4.40. The highest BCUT2D eigenvalue weighted by atomic mass is 35.5. The topological polar surface area (TPSA) is 118 Å². The van der Waals surface area contributed by atoms with Crippen molar-refractivity contribution in [1.82, 2.24) is 4.72 Å². The summed E-state index contributed by atoms with van der Waals surface area (Å²) in [5.74, 6) is -0.792. The Labute approximate surface area is 183 Å². The quantitative estimate of drug-likeness (QED) is 0.464. The number of carbonyl (C=O) groups is 1. The van der Waals surface area contributed by atoms with Crippen LogP contribution in [0, 0.1) is 10.1 Å². The minimum absolute atomic E-state index is 0.0387. The van der Waals surface area contributed by atoms with Crippen molar-refractivity contribution in [3.05, 3.63) is 62.1 Å². The lowest BCUT2D eigenvalue weighted by Gasteiger charge is -2.23. The number of hydrogen-bond donors (Lipinski definition) is 2. The predicted octanol–water partition coefficient (Wildman–Crippen LogP) is 4.76. The molecule has 2 aromatic rings. The zero-order valence-corrected chi connectivity index (χ0v) is 18.1. The second-order valence-corrected chi connectivity index (χ2v) is 9.44. The fraction of sp³-hybridized carbons (Fsp3) is 0.316. The molecule has 0 aliphatic heterocycles. The molecule has 0 saturated heterocycles. The SMILES string of the molecule is O=C(Nc1ccccc1[N+](=O)[O-])c1cc(S(=O)(=O)NC2CCCCC2)c(Cl)cc1Cl. The Bertz CT molecular complexity index is 1090. The minimum atomic E-state index is -3.99. The third kappa shape index (κ3) is 5.10. The van der Waals surface area contributed by atoms with Crippen LogP contribution in [0.1, 0.15) is 42.5 Å². The van der Waals surface area contributed by atoms with E-state index in [-0.39, 0.29) is 37.9 Å². The van der Waals surface area contributed by atoms with E-state index >= 15 is 0 Å². The summed E-state index contributed by atoms with van der Waals surface area (Å²) >= 11 is 12.2. The van der Waals surface area contributed by atoms with Crippen LogP contribution < -0.4 is 10.0 Å². The van der Waals surface area contributed by atoms with E-state index in [1.54, 1.807) is 0 Å². The summed E-state index contributed by atoms with van der Waals surface area (Å²) in [5, 5.41) is 13.4. The molecule has 160 valence electrons. The summed E-state index contributed by atoms with van der Waals surface area (Å²) in [6, 6.07) is 7.65. The fourth-order valence-electron chi connectivity index (χ4n) is 3.34. The van der Waals surface area contributed by atoms with Crippen LogP contribution in [0.25, 0.3) is 0 Å². The van der Waals surface area contributed by atoms with Gasteiger partial charge in [-0.1, -0.05) is 54.6 Å². The maximum Gasteiger partial charge on any atom is 0.292 e. The molecule has 0 bridgehead atoms. The number of amides is 1. The molecule has 0 radical (unpaired) electrons. The van der Waals surface area contributed by atoms with Gasteiger partial charge in [0.05, 0.1) is 20.5 Å². The Morgan fingerprint density at radius 1 is 1.07 bits per heavy atom. The van der Waals surface area contributed by atoms with E-state index in [0.29, 0.717) is 0 Å². The van der Waals surface area contributed by atoms with Crippen molar-refractivity contribution in [3.63, 3.8) is 0 Å². The summed E-state index contributed by atoms with van der Waals surface area (Å²) in [7, 11) is -3.99. The summed E-state index contributed by atoms with van der Waals surface area (Å²) < 4.78 is 28.3. The number of anilines is 1. The average molecular weight is 472 g/mol. The van der Waals surface area contributed by atoms with E-state index in [9.17, 15) is 23.3 Å². The van der Waals surface area contributed by atoms with Crippen LogP contribution >= 0.6 is 23.2 Å². The lowest BCUT2D eigenvalue weighted by atomic mass is 9.96. The van der Waals surface area contributed by atoms with Gasteiger partial charge < -0.3 is 5.32 Å². The molecule has 3 rings (SSSR count). The van der Waals surface area contributed by atoms with E-state index < -0.39 is 20.9 Å². The molecule has 1 aliphatic rings. The van der Waals surface area contributed by atoms with Crippen molar-refractivity contribution in [2.75, 3.05) is 5.32 Å². The van der Waals surface area contributed by atoms with Crippen molar-refractivity contribution in [2.24, 2.45) is 0 Å². The third-order valence-electron chi connectivity index (χ3n) is 4.83. The number of hydrogen-bond acceptors (Lipinski definition) is 5. The highest BCUT2D eigenvalue weighted by molar-refractivity contribution is 7.89. The normalized spacial score (nSPS) is 15.0. The molecule has 11 heteroatoms. The summed E-state index contributed by atoms with van der Waals surface area (Å²) in [4.78, 5) is 23.0. The van der Waals surface area contributed by atoms with Gasteiger partial charge in [0, 0.05) is 12.1 Å². The number of nitro benzene ring substituents is 1. The molecule has 0 atom stereocenters. The van der Waals surface area contributed by atoms with Crippen molar-refractivity contribution in [3.8, 4) is 0 Å². The van der Waals surface area contributed by atoms with Crippen molar-refractivity contribution in [2.45, 2.75) is 43.0 Å². The Hall–Kier alpha value is -2.20. The monoisotopic (exact) mass is 471 g/mol. The van der Waals surface area contributed by atoms with Gasteiger partial charge in [0.1, 0.15) is 10.6 Å². The molecule has 1 saturated carbocycles. The van der Waals surface area contributed by atoms with E-state index in [1.807, 2.05) is 0 Å². The number of rotatable bonds is 6. The Balaban J connectivity index is 1.91. The summed E-state index contributed by atoms with van der Waals surface area (Å²) in [5.41, 5.74) is -0.505. The number of nitro groups is 1. The highest BCUT2D eigenvalue weighted by Gasteiger charge is 2.27. The zero-order valence-electron chi connectivity index (χ0n) is 15.7. The third-order valence-corrected chi connectivity index (χ3v) is 7.13. The molecule has 0 unspecified atom stereocenters. The van der Waals surface area contributed by atoms with Crippen LogP contribution in [0.15, 0.2) is 41.3 Å². The van der Waals surface area contributed by atoms with E-state index in [0.717, 1.165) is 38.2 Å². The fourth-order valence-corrected chi connectivity index (χ4v) is 5.50. The molecule has 1 aliphatic carbocycles. The van der Waals surface area contributed by atoms with Gasteiger partial charge in [0.15, 0.2) is 0 Å². The molecule has 2 aromatic carbocycles. The van der Waals surface area contributed by atoms with Crippen LogP contribution in [0.5, 0.6) is 0 Å². The van der Waals surface area contributed by atoms with Gasteiger partial charge in [0.25, 0.3) is 11.6 Å². The van der Waals surface area contributed by atoms with Crippen LogP contribution in [-0.2, 0) is 10.0 Å². The van der Waals surface area contributed by atoms with E-state index in [1.165, 1.54) is 30.3 Å². The standard InChI is InChI=1S/C19H19Cl2N3O5S/c20-14-11-15(21)18(30(28,29)23-12-6-2-1-3-7-12)10-13(14)19(25)22-16-8-4-5-9-17(16)24(26)27/h4-5,8-12,23H,1-3,6-7H2,(H,22,25). The first-order valence-corrected chi connectivity index (χ1v) is 11.5. The first-order chi connectivity index (χ1) is 14.2. The Morgan fingerprint density at radius 3 is 2.40 bits per heavy atom. The number of benzene rings is 2. The first kappa shape index (κ1) is 22.5. The molecular formula is C19H19Cl2N3O5S. The largest absolute Gasteiger partial charge is 0.316 e. The second-order valence-electron chi connectivity index (χ2n) is 6.95. The van der Waals surface area contributed by atoms with Crippen molar-refractivity contribution >= 4 is 50.5 Å².